The van der Waals surface area contributed by atoms with Crippen LogP contribution < -0.4 is 10.6 Å². The van der Waals surface area contributed by atoms with Gasteiger partial charge in [-0.3, -0.25) is 0 Å². The summed E-state index contributed by atoms with van der Waals surface area (Å²) in [5.74, 6) is 0.803. The number of amides is 2. The number of anilines is 2. The van der Waals surface area contributed by atoms with Gasteiger partial charge in [-0.05, 0) is 43.2 Å². The molecule has 0 radical (unpaired) electrons. The van der Waals surface area contributed by atoms with Crippen LogP contribution in [-0.2, 0) is 19.1 Å². The molecule has 4 rings (SSSR count). The molecule has 10 heteroatoms. The fraction of sp³-hybridized carbons (Fsp3) is 0.316. The maximum absolute atomic E-state index is 12.7. The summed E-state index contributed by atoms with van der Waals surface area (Å²) in [7, 11) is 0. The summed E-state index contributed by atoms with van der Waals surface area (Å²) in [6.07, 6.45) is -2.21. The number of hydrogen-bond donors (Lipinski definition) is 2. The molecule has 0 bridgehead atoms. The monoisotopic (exact) mass is 421 g/mol. The summed E-state index contributed by atoms with van der Waals surface area (Å²) in [5, 5.41) is 6.93. The van der Waals surface area contributed by atoms with Crippen LogP contribution in [0.2, 0.25) is 0 Å². The third kappa shape index (κ3) is 3.84. The predicted octanol–water partition coefficient (Wildman–Crippen LogP) is 4.73. The topological polar surface area (TPSA) is 70.2 Å². The number of hydrogen-bond acceptors (Lipinski definition) is 5. The van der Waals surface area contributed by atoms with E-state index in [4.69, 9.17) is 0 Å². The maximum atomic E-state index is 12.7. The van der Waals surface area contributed by atoms with Crippen LogP contribution in [0, 0.1) is 0 Å². The van der Waals surface area contributed by atoms with Crippen molar-refractivity contribution in [3.8, 4) is 0 Å². The Labute approximate surface area is 168 Å². The molecule has 1 aliphatic rings. The zero-order valence-electron chi connectivity index (χ0n) is 15.5. The van der Waals surface area contributed by atoms with E-state index in [1.54, 1.807) is 4.90 Å². The Hall–Kier alpha value is -2.88. The van der Waals surface area contributed by atoms with E-state index >= 15 is 0 Å². The number of carbonyl (C=O) groups excluding carboxylic acids is 1. The van der Waals surface area contributed by atoms with Crippen molar-refractivity contribution < 1.29 is 18.0 Å². The number of aromatic nitrogens is 2. The van der Waals surface area contributed by atoms with E-state index in [1.165, 1.54) is 29.8 Å². The highest BCUT2D eigenvalue weighted by atomic mass is 32.1. The molecule has 0 spiro atoms. The Morgan fingerprint density at radius 2 is 2.00 bits per heavy atom. The van der Waals surface area contributed by atoms with Gasteiger partial charge in [0, 0.05) is 23.7 Å². The number of nitrogens with zero attached hydrogens (tertiary/aromatic N) is 3. The maximum Gasteiger partial charge on any atom is 0.416 e. The van der Waals surface area contributed by atoms with Gasteiger partial charge in [-0.25, -0.2) is 14.8 Å². The van der Waals surface area contributed by atoms with Crippen molar-refractivity contribution in [2.24, 2.45) is 0 Å². The molecule has 2 N–H and O–H groups in total. The molecule has 3 heterocycles. The zero-order chi connectivity index (χ0) is 20.6. The van der Waals surface area contributed by atoms with Crippen LogP contribution in [0.3, 0.4) is 0 Å². The largest absolute Gasteiger partial charge is 0.416 e. The zero-order valence-corrected chi connectivity index (χ0v) is 16.3. The first-order chi connectivity index (χ1) is 13.9. The second kappa shape index (κ2) is 7.51. The molecule has 0 unspecified atom stereocenters. The number of alkyl halides is 3. The molecule has 0 aliphatic carbocycles. The molecule has 0 fully saturated rings. The predicted molar refractivity (Wildman–Crippen MR) is 106 cm³/mol. The Morgan fingerprint density at radius 3 is 2.69 bits per heavy atom. The summed E-state index contributed by atoms with van der Waals surface area (Å²) in [5.41, 5.74) is 0.728. The first-order valence-corrected chi connectivity index (χ1v) is 9.90. The van der Waals surface area contributed by atoms with Gasteiger partial charge in [0.25, 0.3) is 0 Å². The van der Waals surface area contributed by atoms with Crippen LogP contribution in [0.15, 0.2) is 30.6 Å². The van der Waals surface area contributed by atoms with Gasteiger partial charge in [0.1, 0.15) is 17.0 Å². The molecule has 2 amide bonds. The van der Waals surface area contributed by atoms with Gasteiger partial charge in [-0.15, -0.1) is 11.3 Å². The molecule has 1 aromatic carbocycles. The highest BCUT2D eigenvalue weighted by Crippen LogP contribution is 2.37. The number of benzene rings is 1. The van der Waals surface area contributed by atoms with Gasteiger partial charge in [0.2, 0.25) is 0 Å². The smallest absolute Gasteiger partial charge is 0.370 e. The molecule has 0 atom stereocenters. The lowest BCUT2D eigenvalue weighted by atomic mass is 10.1. The fourth-order valence-corrected chi connectivity index (χ4v) is 4.55. The molecule has 6 nitrogen and oxygen atoms in total. The van der Waals surface area contributed by atoms with Gasteiger partial charge in [-0.2, -0.15) is 13.2 Å². The van der Waals surface area contributed by atoms with E-state index in [-0.39, 0.29) is 6.03 Å². The van der Waals surface area contributed by atoms with Crippen LogP contribution in [-0.4, -0.2) is 34.0 Å². The molecule has 1 aliphatic heterocycles. The van der Waals surface area contributed by atoms with Crippen LogP contribution in [0.4, 0.5) is 29.5 Å². The molecule has 0 saturated carbocycles. The molecule has 2 aromatic heterocycles. The second-order valence-electron chi connectivity index (χ2n) is 6.61. The van der Waals surface area contributed by atoms with Crippen molar-refractivity contribution in [3.63, 3.8) is 0 Å². The summed E-state index contributed by atoms with van der Waals surface area (Å²) in [4.78, 5) is 24.9. The first-order valence-electron chi connectivity index (χ1n) is 9.09. The van der Waals surface area contributed by atoms with Crippen LogP contribution in [0.25, 0.3) is 10.2 Å². The first kappa shape index (κ1) is 19.4. The third-order valence-electron chi connectivity index (χ3n) is 4.73. The Kier molecular flexibility index (Phi) is 5.03. The van der Waals surface area contributed by atoms with Crippen molar-refractivity contribution in [3.05, 3.63) is 46.6 Å². The van der Waals surface area contributed by atoms with E-state index in [0.717, 1.165) is 45.2 Å². The number of fused-ring (bicyclic) bond motifs is 3. The molecule has 29 heavy (non-hydrogen) atoms. The third-order valence-corrected chi connectivity index (χ3v) is 5.86. The number of halogens is 3. The fourth-order valence-electron chi connectivity index (χ4n) is 3.35. The van der Waals surface area contributed by atoms with Gasteiger partial charge in [0.15, 0.2) is 0 Å². The van der Waals surface area contributed by atoms with Crippen molar-refractivity contribution >= 4 is 39.1 Å². The number of rotatable bonds is 3. The van der Waals surface area contributed by atoms with Crippen LogP contribution in [0.5, 0.6) is 0 Å². The summed E-state index contributed by atoms with van der Waals surface area (Å²) in [6, 6.07) is 4.08. The molecule has 0 saturated heterocycles. The van der Waals surface area contributed by atoms with E-state index in [1.807, 2.05) is 6.92 Å². The number of carbonyl (C=O) groups is 1. The minimum Gasteiger partial charge on any atom is -0.370 e. The average molecular weight is 421 g/mol. The minimum absolute atomic E-state index is 0.324. The molecule has 152 valence electrons. The minimum atomic E-state index is -4.40. The number of thiophene rings is 1. The summed E-state index contributed by atoms with van der Waals surface area (Å²) in [6.45, 7) is 3.68. The van der Waals surface area contributed by atoms with Gasteiger partial charge in [-0.1, -0.05) is 0 Å². The van der Waals surface area contributed by atoms with Gasteiger partial charge >= 0.3 is 12.2 Å². The SMILES string of the molecule is CCNc1ncnc2sc3c(c12)CCN(C(=O)Nc1ccc(C(F)(F)F)cc1)C3. The Balaban J connectivity index is 1.50. The molecular weight excluding hydrogens is 403 g/mol. The van der Waals surface area contributed by atoms with Crippen molar-refractivity contribution in [1.29, 1.82) is 0 Å². The van der Waals surface area contributed by atoms with Gasteiger partial charge < -0.3 is 15.5 Å². The highest BCUT2D eigenvalue weighted by molar-refractivity contribution is 7.19. The molecular formula is C19H18F3N5OS. The Bertz CT molecular complexity index is 1050. The summed E-state index contributed by atoms with van der Waals surface area (Å²) < 4.78 is 38.0. The standard InChI is InChI=1S/C19H18F3N5OS/c1-2-23-16-15-13-7-8-27(9-14(13)29-17(15)25-10-24-16)18(28)26-12-5-3-11(4-6-12)19(20,21)22/h3-6,10H,2,7-9H2,1H3,(H,26,28)(H,23,24,25). The van der Waals surface area contributed by atoms with Crippen molar-refractivity contribution in [2.45, 2.75) is 26.1 Å². The number of urea groups is 1. The quantitative estimate of drug-likeness (QED) is 0.641. The lowest BCUT2D eigenvalue weighted by Crippen LogP contribution is -2.38. The lowest BCUT2D eigenvalue weighted by Gasteiger charge is -2.27. The van der Waals surface area contributed by atoms with E-state index in [9.17, 15) is 18.0 Å². The lowest BCUT2D eigenvalue weighted by molar-refractivity contribution is -0.137. The molecule has 3 aromatic rings. The average Bonchev–Trinajstić information content (AvgIpc) is 3.06. The van der Waals surface area contributed by atoms with Crippen molar-refractivity contribution in [1.82, 2.24) is 14.9 Å². The van der Waals surface area contributed by atoms with Gasteiger partial charge in [0.05, 0.1) is 17.5 Å². The van der Waals surface area contributed by atoms with E-state index in [2.05, 4.69) is 20.6 Å². The van der Waals surface area contributed by atoms with Crippen molar-refractivity contribution in [2.75, 3.05) is 23.7 Å². The summed E-state index contributed by atoms with van der Waals surface area (Å²) >= 11 is 1.53. The van der Waals surface area contributed by atoms with E-state index in [0.29, 0.717) is 25.2 Å². The highest BCUT2D eigenvalue weighted by Gasteiger charge is 2.30. The normalized spacial score (nSPS) is 14.0. The van der Waals surface area contributed by atoms with E-state index < -0.39 is 11.7 Å². The van der Waals surface area contributed by atoms with Crippen LogP contribution in [0.1, 0.15) is 22.9 Å². The van der Waals surface area contributed by atoms with Crippen LogP contribution >= 0.6 is 11.3 Å². The number of nitrogens with one attached hydrogen (secondary N) is 2. The second-order valence-corrected chi connectivity index (χ2v) is 7.70. The Morgan fingerprint density at radius 1 is 1.24 bits per heavy atom.